The zero-order chi connectivity index (χ0) is 9.02. The Balaban J connectivity index is 4.11. The second-order valence-corrected chi connectivity index (χ2v) is 1.96. The highest BCUT2D eigenvalue weighted by Crippen LogP contribution is 1.96. The Morgan fingerprint density at radius 2 is 1.82 bits per heavy atom. The number of nitrogens with two attached hydrogens (primary N) is 1. The van der Waals surface area contributed by atoms with Crippen LogP contribution in [0.25, 0.3) is 0 Å². The van der Waals surface area contributed by atoms with Gasteiger partial charge in [-0.25, -0.2) is 0 Å². The second kappa shape index (κ2) is 4.02. The van der Waals surface area contributed by atoms with E-state index in [2.05, 4.69) is 5.73 Å². The molecule has 5 N–H and O–H groups in total. The number of primary amides is 1. The first-order valence-electron chi connectivity index (χ1n) is 2.79. The molecular weight excluding hydrogens is 154 g/mol. The number of amides is 1. The molecule has 3 atom stereocenters. The summed E-state index contributed by atoms with van der Waals surface area (Å²) in [6, 6.07) is 0. The maximum Gasteiger partial charge on any atom is 0.249 e. The number of aliphatic hydroxyl groups is 3. The summed E-state index contributed by atoms with van der Waals surface area (Å²) in [4.78, 5) is 19.9. The lowest BCUT2D eigenvalue weighted by atomic mass is 10.1. The monoisotopic (exact) mass is 163 g/mol. The predicted molar refractivity (Wildman–Crippen MR) is 33.3 cm³/mol. The van der Waals surface area contributed by atoms with Gasteiger partial charge in [-0.15, -0.1) is 0 Å². The van der Waals surface area contributed by atoms with Gasteiger partial charge >= 0.3 is 0 Å². The highest BCUT2D eigenvalue weighted by Gasteiger charge is 2.27. The third-order valence-electron chi connectivity index (χ3n) is 1.10. The number of carbonyl (C=O) groups excluding carboxylic acids is 2. The van der Waals surface area contributed by atoms with Gasteiger partial charge in [0.05, 0.1) is 0 Å². The first-order chi connectivity index (χ1) is 5.00. The zero-order valence-electron chi connectivity index (χ0n) is 5.54. The van der Waals surface area contributed by atoms with E-state index in [-0.39, 0.29) is 6.29 Å². The van der Waals surface area contributed by atoms with Gasteiger partial charge in [0.2, 0.25) is 5.91 Å². The number of hydrogen-bond donors (Lipinski definition) is 4. The van der Waals surface area contributed by atoms with Gasteiger partial charge in [0.1, 0.15) is 12.2 Å². The summed E-state index contributed by atoms with van der Waals surface area (Å²) in [5, 5.41) is 25.9. The maximum atomic E-state index is 10.1. The molecule has 0 fully saturated rings. The molecule has 0 aliphatic rings. The van der Waals surface area contributed by atoms with Crippen molar-refractivity contribution in [1.82, 2.24) is 0 Å². The summed E-state index contributed by atoms with van der Waals surface area (Å²) >= 11 is 0. The lowest BCUT2D eigenvalue weighted by Crippen LogP contribution is -2.45. The summed E-state index contributed by atoms with van der Waals surface area (Å²) in [6.07, 6.45) is -5.57. The summed E-state index contributed by atoms with van der Waals surface area (Å²) < 4.78 is 0. The van der Waals surface area contributed by atoms with Crippen molar-refractivity contribution in [3.63, 3.8) is 0 Å². The van der Waals surface area contributed by atoms with Gasteiger partial charge in [0.25, 0.3) is 0 Å². The van der Waals surface area contributed by atoms with Crippen LogP contribution >= 0.6 is 0 Å². The largest absolute Gasteiger partial charge is 0.387 e. The van der Waals surface area contributed by atoms with E-state index >= 15 is 0 Å². The van der Waals surface area contributed by atoms with Gasteiger partial charge in [0.15, 0.2) is 12.4 Å². The van der Waals surface area contributed by atoms with Gasteiger partial charge in [-0.3, -0.25) is 4.79 Å². The van der Waals surface area contributed by atoms with Crippen molar-refractivity contribution in [2.75, 3.05) is 0 Å². The predicted octanol–water partition coefficient (Wildman–Crippen LogP) is -3.25. The first-order valence-corrected chi connectivity index (χ1v) is 2.79. The van der Waals surface area contributed by atoms with Crippen molar-refractivity contribution in [3.05, 3.63) is 0 Å². The molecule has 0 aromatic carbocycles. The van der Waals surface area contributed by atoms with Crippen molar-refractivity contribution in [3.8, 4) is 0 Å². The fourth-order valence-corrected chi connectivity index (χ4v) is 0.436. The van der Waals surface area contributed by atoms with Crippen molar-refractivity contribution in [1.29, 1.82) is 0 Å². The number of aldehydes is 1. The molecule has 0 unspecified atom stereocenters. The second-order valence-electron chi connectivity index (χ2n) is 1.96. The van der Waals surface area contributed by atoms with Crippen LogP contribution < -0.4 is 5.73 Å². The van der Waals surface area contributed by atoms with Crippen LogP contribution in [0.1, 0.15) is 0 Å². The average Bonchev–Trinajstić information content (AvgIpc) is 2.00. The molecule has 0 rings (SSSR count). The van der Waals surface area contributed by atoms with Crippen LogP contribution in [0, 0.1) is 0 Å². The minimum atomic E-state index is -1.92. The summed E-state index contributed by atoms with van der Waals surface area (Å²) in [5.41, 5.74) is 4.55. The summed E-state index contributed by atoms with van der Waals surface area (Å²) in [5.74, 6) is -1.20. The topological polar surface area (TPSA) is 121 Å². The van der Waals surface area contributed by atoms with Crippen LogP contribution in [-0.4, -0.2) is 45.8 Å². The van der Waals surface area contributed by atoms with Crippen molar-refractivity contribution in [2.45, 2.75) is 18.3 Å². The van der Waals surface area contributed by atoms with Crippen LogP contribution in [0.2, 0.25) is 0 Å². The van der Waals surface area contributed by atoms with E-state index in [1.54, 1.807) is 0 Å². The van der Waals surface area contributed by atoms with Gasteiger partial charge in [-0.2, -0.15) is 0 Å². The molecular formula is C5H9NO5. The fourth-order valence-electron chi connectivity index (χ4n) is 0.436. The molecule has 11 heavy (non-hydrogen) atoms. The van der Waals surface area contributed by atoms with Crippen LogP contribution in [0.15, 0.2) is 0 Å². The van der Waals surface area contributed by atoms with E-state index in [0.29, 0.717) is 0 Å². The molecule has 0 aromatic heterocycles. The minimum Gasteiger partial charge on any atom is -0.387 e. The third kappa shape index (κ3) is 2.62. The molecule has 1 amide bonds. The van der Waals surface area contributed by atoms with Crippen LogP contribution in [0.4, 0.5) is 0 Å². The Kier molecular flexibility index (Phi) is 3.66. The average molecular weight is 163 g/mol. The van der Waals surface area contributed by atoms with Crippen LogP contribution in [-0.2, 0) is 9.59 Å². The van der Waals surface area contributed by atoms with Gasteiger partial charge < -0.3 is 25.8 Å². The summed E-state index contributed by atoms with van der Waals surface area (Å²) in [7, 11) is 0. The Morgan fingerprint density at radius 3 is 2.09 bits per heavy atom. The first kappa shape index (κ1) is 10.0. The van der Waals surface area contributed by atoms with E-state index in [1.165, 1.54) is 0 Å². The van der Waals surface area contributed by atoms with Gasteiger partial charge in [0, 0.05) is 0 Å². The molecule has 0 radical (unpaired) electrons. The molecule has 0 saturated carbocycles. The van der Waals surface area contributed by atoms with E-state index in [0.717, 1.165) is 0 Å². The molecule has 0 aromatic rings. The van der Waals surface area contributed by atoms with Crippen LogP contribution in [0.3, 0.4) is 0 Å². The van der Waals surface area contributed by atoms with Crippen molar-refractivity contribution < 1.29 is 24.9 Å². The van der Waals surface area contributed by atoms with E-state index in [9.17, 15) is 9.59 Å². The van der Waals surface area contributed by atoms with Crippen LogP contribution in [0.5, 0.6) is 0 Å². The summed E-state index contributed by atoms with van der Waals surface area (Å²) in [6.45, 7) is 0. The quantitative estimate of drug-likeness (QED) is 0.324. The molecule has 0 bridgehead atoms. The zero-order valence-corrected chi connectivity index (χ0v) is 5.54. The van der Waals surface area contributed by atoms with E-state index in [1.807, 2.05) is 0 Å². The molecule has 6 nitrogen and oxygen atoms in total. The molecule has 0 aliphatic carbocycles. The van der Waals surface area contributed by atoms with Crippen molar-refractivity contribution >= 4 is 12.2 Å². The highest BCUT2D eigenvalue weighted by molar-refractivity contribution is 5.80. The minimum absolute atomic E-state index is 0.00315. The molecule has 0 saturated heterocycles. The molecule has 0 spiro atoms. The normalized spacial score (nSPS) is 18.5. The van der Waals surface area contributed by atoms with Crippen molar-refractivity contribution in [2.24, 2.45) is 5.73 Å². The molecule has 0 heterocycles. The SMILES string of the molecule is NC(=O)[C@@H](O)[C@@H](O)[C@@H](O)C=O. The fraction of sp³-hybridized carbons (Fsp3) is 0.600. The number of carbonyl (C=O) groups is 2. The third-order valence-corrected chi connectivity index (χ3v) is 1.10. The van der Waals surface area contributed by atoms with E-state index < -0.39 is 24.2 Å². The smallest absolute Gasteiger partial charge is 0.249 e. The Labute approximate surface area is 62.2 Å². The molecule has 0 aliphatic heterocycles. The number of rotatable bonds is 4. The Bertz CT molecular complexity index is 159. The molecule has 64 valence electrons. The highest BCUT2D eigenvalue weighted by atomic mass is 16.4. The van der Waals surface area contributed by atoms with Gasteiger partial charge in [-0.05, 0) is 0 Å². The lowest BCUT2D eigenvalue weighted by molar-refractivity contribution is -0.140. The Hall–Kier alpha value is -0.980. The number of hydrogen-bond acceptors (Lipinski definition) is 5. The molecule has 6 heteroatoms. The standard InChI is InChI=1S/C5H9NO5/c6-5(11)4(10)3(9)2(8)1-7/h1-4,8-10H,(H2,6,11)/t2-,3-,4-/m0/s1. The Morgan fingerprint density at radius 1 is 1.36 bits per heavy atom. The van der Waals surface area contributed by atoms with Gasteiger partial charge in [-0.1, -0.05) is 0 Å². The maximum absolute atomic E-state index is 10.1. The van der Waals surface area contributed by atoms with E-state index in [4.69, 9.17) is 15.3 Å². The number of aliphatic hydroxyl groups excluding tert-OH is 3. The lowest BCUT2D eigenvalue weighted by Gasteiger charge is -2.15.